The molecule has 0 bridgehead atoms. The summed E-state index contributed by atoms with van der Waals surface area (Å²) in [6.45, 7) is 0. The van der Waals surface area contributed by atoms with Crippen LogP contribution in [0.1, 0.15) is 10.5 Å². The van der Waals surface area contributed by atoms with Crippen molar-refractivity contribution in [1.29, 1.82) is 0 Å². The minimum Gasteiger partial charge on any atom is -0.396 e. The molecule has 84 valence electrons. The molecule has 0 spiro atoms. The number of hydrogen-bond donors (Lipinski definition) is 2. The van der Waals surface area contributed by atoms with Gasteiger partial charge in [0, 0.05) is 26.5 Å². The zero-order chi connectivity index (χ0) is 11.7. The van der Waals surface area contributed by atoms with Crippen molar-refractivity contribution in [2.75, 3.05) is 11.1 Å². The standard InChI is InChI=1S/C9H12N6O/c1-14-4-6(3-11-14)12-9(16)8-7(10)5-15(2)13-8/h3-5H,10H2,1-2H3,(H,12,16). The van der Waals surface area contributed by atoms with Gasteiger partial charge in [-0.05, 0) is 0 Å². The van der Waals surface area contributed by atoms with Crippen LogP contribution in [-0.4, -0.2) is 25.5 Å². The van der Waals surface area contributed by atoms with E-state index in [1.807, 2.05) is 0 Å². The van der Waals surface area contributed by atoms with Gasteiger partial charge in [0.2, 0.25) is 0 Å². The maximum Gasteiger partial charge on any atom is 0.278 e. The van der Waals surface area contributed by atoms with Gasteiger partial charge in [-0.25, -0.2) is 0 Å². The van der Waals surface area contributed by atoms with Crippen LogP contribution in [0.3, 0.4) is 0 Å². The molecule has 0 aliphatic heterocycles. The molecule has 0 aliphatic rings. The number of carbonyl (C=O) groups excluding carboxylic acids is 1. The molecule has 1 amide bonds. The zero-order valence-corrected chi connectivity index (χ0v) is 9.01. The molecule has 0 fully saturated rings. The second-order valence-electron chi connectivity index (χ2n) is 3.46. The SMILES string of the molecule is Cn1cc(NC(=O)c2nn(C)cc2N)cn1. The van der Waals surface area contributed by atoms with Gasteiger partial charge in [0.15, 0.2) is 5.69 Å². The second kappa shape index (κ2) is 3.69. The quantitative estimate of drug-likeness (QED) is 0.744. The molecule has 0 radical (unpaired) electrons. The molecule has 7 nitrogen and oxygen atoms in total. The van der Waals surface area contributed by atoms with E-state index < -0.39 is 0 Å². The lowest BCUT2D eigenvalue weighted by Crippen LogP contribution is -2.14. The Morgan fingerprint density at radius 1 is 1.38 bits per heavy atom. The van der Waals surface area contributed by atoms with E-state index in [2.05, 4.69) is 15.5 Å². The number of nitrogens with one attached hydrogen (secondary N) is 1. The van der Waals surface area contributed by atoms with Crippen molar-refractivity contribution < 1.29 is 4.79 Å². The van der Waals surface area contributed by atoms with Gasteiger partial charge in [-0.2, -0.15) is 10.2 Å². The van der Waals surface area contributed by atoms with E-state index in [4.69, 9.17) is 5.73 Å². The molecule has 0 aromatic carbocycles. The summed E-state index contributed by atoms with van der Waals surface area (Å²) in [5.74, 6) is -0.342. The van der Waals surface area contributed by atoms with Crippen LogP contribution >= 0.6 is 0 Å². The third-order valence-corrected chi connectivity index (χ3v) is 2.03. The molecule has 7 heteroatoms. The lowest BCUT2D eigenvalue weighted by atomic mass is 10.3. The summed E-state index contributed by atoms with van der Waals surface area (Å²) >= 11 is 0. The fraction of sp³-hybridized carbons (Fsp3) is 0.222. The number of aryl methyl sites for hydroxylation is 2. The lowest BCUT2D eigenvalue weighted by Gasteiger charge is -1.99. The summed E-state index contributed by atoms with van der Waals surface area (Å²) in [4.78, 5) is 11.8. The highest BCUT2D eigenvalue weighted by molar-refractivity contribution is 6.06. The van der Waals surface area contributed by atoms with Crippen LogP contribution in [0.5, 0.6) is 0 Å². The van der Waals surface area contributed by atoms with Crippen molar-refractivity contribution in [3.05, 3.63) is 24.3 Å². The van der Waals surface area contributed by atoms with Crippen molar-refractivity contribution in [2.45, 2.75) is 0 Å². The Morgan fingerprint density at radius 2 is 2.12 bits per heavy atom. The zero-order valence-electron chi connectivity index (χ0n) is 9.01. The summed E-state index contributed by atoms with van der Waals surface area (Å²) in [6, 6.07) is 0. The number of hydrogen-bond acceptors (Lipinski definition) is 4. The number of nitrogen functional groups attached to an aromatic ring is 1. The van der Waals surface area contributed by atoms with Crippen LogP contribution in [0.15, 0.2) is 18.6 Å². The molecule has 16 heavy (non-hydrogen) atoms. The van der Waals surface area contributed by atoms with Crippen LogP contribution in [0.4, 0.5) is 11.4 Å². The van der Waals surface area contributed by atoms with Crippen LogP contribution in [-0.2, 0) is 14.1 Å². The van der Waals surface area contributed by atoms with Crippen molar-refractivity contribution >= 4 is 17.3 Å². The Labute approximate surface area is 91.8 Å². The highest BCUT2D eigenvalue weighted by Crippen LogP contribution is 2.11. The molecular weight excluding hydrogens is 208 g/mol. The smallest absolute Gasteiger partial charge is 0.278 e. The molecule has 2 rings (SSSR count). The van der Waals surface area contributed by atoms with Gasteiger partial charge in [-0.1, -0.05) is 0 Å². The molecule has 0 unspecified atom stereocenters. The monoisotopic (exact) mass is 220 g/mol. The first-order chi connectivity index (χ1) is 7.56. The third-order valence-electron chi connectivity index (χ3n) is 2.03. The van der Waals surface area contributed by atoms with E-state index in [0.717, 1.165) is 0 Å². The molecule has 3 N–H and O–H groups in total. The third kappa shape index (κ3) is 1.88. The molecule has 0 saturated carbocycles. The van der Waals surface area contributed by atoms with Gasteiger partial charge in [-0.3, -0.25) is 14.2 Å². The minimum atomic E-state index is -0.342. The number of nitrogens with two attached hydrogens (primary N) is 1. The number of anilines is 2. The predicted octanol–water partition coefficient (Wildman–Crippen LogP) is -0.0119. The van der Waals surface area contributed by atoms with Gasteiger partial charge >= 0.3 is 0 Å². The predicted molar refractivity (Wildman–Crippen MR) is 58.8 cm³/mol. The van der Waals surface area contributed by atoms with E-state index in [1.54, 1.807) is 37.4 Å². The van der Waals surface area contributed by atoms with Crippen LogP contribution < -0.4 is 11.1 Å². The largest absolute Gasteiger partial charge is 0.396 e. The number of aromatic nitrogens is 4. The van der Waals surface area contributed by atoms with Gasteiger partial charge in [0.05, 0.1) is 17.6 Å². The maximum atomic E-state index is 11.8. The first kappa shape index (κ1) is 10.2. The summed E-state index contributed by atoms with van der Waals surface area (Å²) in [6.07, 6.45) is 4.83. The average Bonchev–Trinajstić information content (AvgIpc) is 2.73. The van der Waals surface area contributed by atoms with Crippen molar-refractivity contribution in [3.63, 3.8) is 0 Å². The summed E-state index contributed by atoms with van der Waals surface area (Å²) in [7, 11) is 3.47. The van der Waals surface area contributed by atoms with Crippen molar-refractivity contribution in [3.8, 4) is 0 Å². The molecule has 2 aromatic rings. The van der Waals surface area contributed by atoms with Gasteiger partial charge < -0.3 is 11.1 Å². The molecule has 0 aliphatic carbocycles. The van der Waals surface area contributed by atoms with Crippen molar-refractivity contribution in [2.24, 2.45) is 14.1 Å². The van der Waals surface area contributed by atoms with Crippen LogP contribution in [0.25, 0.3) is 0 Å². The van der Waals surface area contributed by atoms with E-state index in [-0.39, 0.29) is 11.6 Å². The fourth-order valence-electron chi connectivity index (χ4n) is 1.36. The molecule has 2 heterocycles. The first-order valence-electron chi connectivity index (χ1n) is 4.65. The number of nitrogens with zero attached hydrogens (tertiary/aromatic N) is 4. The molecule has 2 aromatic heterocycles. The average molecular weight is 220 g/mol. The number of amides is 1. The summed E-state index contributed by atoms with van der Waals surface area (Å²) < 4.78 is 3.09. The van der Waals surface area contributed by atoms with Gasteiger partial charge in [0.1, 0.15) is 0 Å². The molecular formula is C9H12N6O. The molecule has 0 saturated heterocycles. The van der Waals surface area contributed by atoms with Crippen molar-refractivity contribution in [1.82, 2.24) is 19.6 Å². The van der Waals surface area contributed by atoms with Crippen LogP contribution in [0, 0.1) is 0 Å². The Bertz CT molecular complexity index is 526. The Hall–Kier alpha value is -2.31. The Kier molecular flexibility index (Phi) is 2.35. The van der Waals surface area contributed by atoms with E-state index in [1.165, 1.54) is 4.68 Å². The van der Waals surface area contributed by atoms with E-state index in [9.17, 15) is 4.79 Å². The Balaban J connectivity index is 2.17. The highest BCUT2D eigenvalue weighted by Gasteiger charge is 2.14. The highest BCUT2D eigenvalue weighted by atomic mass is 16.2. The van der Waals surface area contributed by atoms with E-state index >= 15 is 0 Å². The normalized spacial score (nSPS) is 10.4. The first-order valence-corrected chi connectivity index (χ1v) is 4.65. The minimum absolute atomic E-state index is 0.214. The van der Waals surface area contributed by atoms with Crippen LogP contribution in [0.2, 0.25) is 0 Å². The maximum absolute atomic E-state index is 11.8. The number of rotatable bonds is 2. The fourth-order valence-corrected chi connectivity index (χ4v) is 1.36. The van der Waals surface area contributed by atoms with E-state index in [0.29, 0.717) is 11.4 Å². The van der Waals surface area contributed by atoms with Gasteiger partial charge in [0.25, 0.3) is 5.91 Å². The summed E-state index contributed by atoms with van der Waals surface area (Å²) in [5.41, 5.74) is 6.81. The molecule has 0 atom stereocenters. The topological polar surface area (TPSA) is 90.8 Å². The number of carbonyl (C=O) groups is 1. The Morgan fingerprint density at radius 3 is 2.62 bits per heavy atom. The summed E-state index contributed by atoms with van der Waals surface area (Å²) in [5, 5.41) is 10.6. The lowest BCUT2D eigenvalue weighted by molar-refractivity contribution is 0.102. The van der Waals surface area contributed by atoms with Gasteiger partial charge in [-0.15, -0.1) is 0 Å². The second-order valence-corrected chi connectivity index (χ2v) is 3.46.